The number of rotatable bonds is 21. The molecule has 4 amide bonds. The van der Waals surface area contributed by atoms with E-state index in [-0.39, 0.29) is 59.6 Å². The third kappa shape index (κ3) is 11.8. The number of carbonyl (C=O) groups excluding carboxylic acids is 4. The molecule has 0 bridgehead atoms. The number of benzene rings is 1. The first-order chi connectivity index (χ1) is 24.5. The molecule has 294 valence electrons. The molecule has 0 saturated carbocycles. The first-order valence-corrected chi connectivity index (χ1v) is 18.9. The minimum Gasteiger partial charge on any atom is -0.511 e. The Kier molecular flexibility index (Phi) is 18.3. The van der Waals surface area contributed by atoms with Crippen molar-refractivity contribution in [2.75, 3.05) is 34.9 Å². The highest BCUT2D eigenvalue weighted by Gasteiger charge is 2.43. The van der Waals surface area contributed by atoms with Crippen molar-refractivity contribution in [1.82, 2.24) is 25.8 Å². The number of hydrogen-bond acceptors (Lipinski definition) is 8. The van der Waals surface area contributed by atoms with Gasteiger partial charge in [0, 0.05) is 27.8 Å². The van der Waals surface area contributed by atoms with Crippen LogP contribution in [0.2, 0.25) is 0 Å². The van der Waals surface area contributed by atoms with E-state index in [0.29, 0.717) is 19.4 Å². The lowest BCUT2D eigenvalue weighted by molar-refractivity contribution is -0.147. The largest absolute Gasteiger partial charge is 0.511 e. The first kappa shape index (κ1) is 44.7. The molecular weight excluding hydrogens is 662 g/mol. The molecular formula is C40H67N5O7. The molecule has 2 rings (SSSR count). The Balaban J connectivity index is 2.26. The van der Waals surface area contributed by atoms with Gasteiger partial charge in [-0.05, 0) is 49.6 Å². The summed E-state index contributed by atoms with van der Waals surface area (Å²) in [5.41, 5.74) is 0.945. The normalized spacial score (nSPS) is 19.2. The number of nitrogens with zero attached hydrogens (tertiary/aromatic N) is 2. The number of nitrogens with one attached hydrogen (secondary N) is 3. The molecule has 1 aromatic carbocycles. The van der Waals surface area contributed by atoms with Crippen molar-refractivity contribution in [2.45, 2.75) is 123 Å². The van der Waals surface area contributed by atoms with Crippen molar-refractivity contribution < 1.29 is 33.8 Å². The number of likely N-dealkylation sites (tertiary alicyclic amines) is 1. The van der Waals surface area contributed by atoms with Crippen LogP contribution in [-0.4, -0.2) is 116 Å². The zero-order chi connectivity index (χ0) is 39.3. The van der Waals surface area contributed by atoms with E-state index >= 15 is 0 Å². The lowest BCUT2D eigenvalue weighted by Gasteiger charge is -2.41. The van der Waals surface area contributed by atoms with Gasteiger partial charge in [0.05, 0.1) is 48.7 Å². The molecule has 1 aliphatic heterocycles. The van der Waals surface area contributed by atoms with Crippen LogP contribution in [0.3, 0.4) is 0 Å². The van der Waals surface area contributed by atoms with E-state index in [9.17, 15) is 24.3 Å². The number of hydrogen-bond donors (Lipinski definition) is 4. The van der Waals surface area contributed by atoms with Gasteiger partial charge in [-0.15, -0.1) is 0 Å². The van der Waals surface area contributed by atoms with Crippen LogP contribution < -0.4 is 16.0 Å². The van der Waals surface area contributed by atoms with Crippen molar-refractivity contribution in [3.8, 4) is 0 Å². The molecule has 0 radical (unpaired) electrons. The summed E-state index contributed by atoms with van der Waals surface area (Å²) in [6.07, 6.45) is 1.32. The average molecular weight is 730 g/mol. The summed E-state index contributed by atoms with van der Waals surface area (Å²) in [4.78, 5) is 58.5. The Morgan fingerprint density at radius 3 is 2.08 bits per heavy atom. The summed E-state index contributed by atoms with van der Waals surface area (Å²) in [6, 6.07) is 6.84. The van der Waals surface area contributed by atoms with Gasteiger partial charge >= 0.3 is 0 Å². The van der Waals surface area contributed by atoms with E-state index in [1.54, 1.807) is 45.0 Å². The second-order valence-corrected chi connectivity index (χ2v) is 15.1. The fourth-order valence-corrected chi connectivity index (χ4v) is 7.45. The third-order valence-corrected chi connectivity index (χ3v) is 10.8. The molecule has 9 atom stereocenters. The minimum atomic E-state index is -0.764. The topological polar surface area (TPSA) is 150 Å². The van der Waals surface area contributed by atoms with Crippen LogP contribution in [0, 0.1) is 23.7 Å². The van der Waals surface area contributed by atoms with Gasteiger partial charge in [0.25, 0.3) is 0 Å². The summed E-state index contributed by atoms with van der Waals surface area (Å²) >= 11 is 0. The first-order valence-electron chi connectivity index (χ1n) is 18.9. The van der Waals surface area contributed by atoms with Crippen LogP contribution in [0.1, 0.15) is 79.7 Å². The Hall–Kier alpha value is -3.48. The van der Waals surface area contributed by atoms with Crippen molar-refractivity contribution in [3.05, 3.63) is 48.2 Å². The Morgan fingerprint density at radius 2 is 1.58 bits per heavy atom. The quantitative estimate of drug-likeness (QED) is 0.138. The second-order valence-electron chi connectivity index (χ2n) is 15.1. The van der Waals surface area contributed by atoms with Crippen molar-refractivity contribution in [2.24, 2.45) is 23.7 Å². The molecule has 0 aliphatic carbocycles. The van der Waals surface area contributed by atoms with Crippen LogP contribution >= 0.6 is 0 Å². The van der Waals surface area contributed by atoms with Gasteiger partial charge in [0.1, 0.15) is 11.8 Å². The summed E-state index contributed by atoms with van der Waals surface area (Å²) in [6.45, 7) is 17.7. The molecule has 2 unspecified atom stereocenters. The maximum absolute atomic E-state index is 14.2. The van der Waals surface area contributed by atoms with Crippen LogP contribution in [-0.2, 0) is 35.1 Å². The maximum atomic E-state index is 14.2. The summed E-state index contributed by atoms with van der Waals surface area (Å²) < 4.78 is 11.9. The summed E-state index contributed by atoms with van der Waals surface area (Å²) in [5.74, 6) is -1.88. The zero-order valence-corrected chi connectivity index (χ0v) is 33.5. The van der Waals surface area contributed by atoms with E-state index < -0.39 is 42.3 Å². The number of aliphatic hydroxyl groups excluding tert-OH is 1. The second kappa shape index (κ2) is 21.3. The predicted molar refractivity (Wildman–Crippen MR) is 204 cm³/mol. The highest BCUT2D eigenvalue weighted by atomic mass is 16.5. The standard InChI is InChI=1S/C40H67N5O7/c1-13-26(6)36(44(10)40(50)35(25(4)5)43-39(49)34(41-9)24(2)3)32(51-11)23-33(47)45-21-17-20-31(45)37(52-12)27(7)38(48)42-30(28(8)46)22-29-18-15-14-16-19-29/h14-16,18-19,24-27,30-32,34-37,41,46H,8,13,17,20-23H2,1-7,9-12H3,(H,42,48)(H,43,49)/t26-,27+,30+,31-,32+,34-,35?,36?,37+/m0/s1. The van der Waals surface area contributed by atoms with Gasteiger partial charge in [-0.25, -0.2) is 0 Å². The van der Waals surface area contributed by atoms with E-state index in [0.717, 1.165) is 18.4 Å². The van der Waals surface area contributed by atoms with Crippen molar-refractivity contribution in [3.63, 3.8) is 0 Å². The molecule has 1 aliphatic rings. The fraction of sp³-hybridized carbons (Fsp3) is 0.700. The molecule has 1 aromatic rings. The van der Waals surface area contributed by atoms with Crippen molar-refractivity contribution >= 4 is 23.6 Å². The Bertz CT molecular complexity index is 1310. The van der Waals surface area contributed by atoms with Gasteiger partial charge in [-0.1, -0.05) is 91.8 Å². The molecule has 1 saturated heterocycles. The summed E-state index contributed by atoms with van der Waals surface area (Å²) in [5, 5.41) is 19.3. The van der Waals surface area contributed by atoms with Crippen LogP contribution in [0.25, 0.3) is 0 Å². The monoisotopic (exact) mass is 730 g/mol. The molecule has 52 heavy (non-hydrogen) atoms. The molecule has 1 fully saturated rings. The number of likely N-dealkylation sites (N-methyl/N-ethyl adjacent to an activating group) is 2. The van der Waals surface area contributed by atoms with E-state index in [4.69, 9.17) is 9.47 Å². The van der Waals surface area contributed by atoms with Gasteiger partial charge in [-0.3, -0.25) is 19.2 Å². The van der Waals surface area contributed by atoms with E-state index in [1.165, 1.54) is 0 Å². The molecule has 0 spiro atoms. The molecule has 12 heteroatoms. The fourth-order valence-electron chi connectivity index (χ4n) is 7.45. The van der Waals surface area contributed by atoms with Crippen LogP contribution in [0.15, 0.2) is 42.7 Å². The Labute approximate surface area is 312 Å². The van der Waals surface area contributed by atoms with Gasteiger partial charge < -0.3 is 40.3 Å². The molecule has 12 nitrogen and oxygen atoms in total. The smallest absolute Gasteiger partial charge is 0.245 e. The number of amides is 4. The molecule has 0 aromatic heterocycles. The SMILES string of the molecule is C=C(O)[C@@H](Cc1ccccc1)NC(=O)[C@H](C)[C@@H](OC)[C@@H]1CCCN1C(=O)C[C@@H](OC)C([C@@H](C)CC)N(C)C(=O)C(NC(=O)[C@@H](NC)C(C)C)C(C)C. The lowest BCUT2D eigenvalue weighted by Crippen LogP contribution is -2.59. The van der Waals surface area contributed by atoms with Crippen LogP contribution in [0.4, 0.5) is 0 Å². The highest BCUT2D eigenvalue weighted by Crippen LogP contribution is 2.30. The maximum Gasteiger partial charge on any atom is 0.245 e. The Morgan fingerprint density at radius 1 is 0.962 bits per heavy atom. The number of carbonyl (C=O) groups is 4. The number of methoxy groups -OCH3 is 2. The predicted octanol–water partition coefficient (Wildman–Crippen LogP) is 4.09. The van der Waals surface area contributed by atoms with Gasteiger partial charge in [0.15, 0.2) is 0 Å². The zero-order valence-electron chi connectivity index (χ0n) is 33.5. The van der Waals surface area contributed by atoms with Crippen LogP contribution in [0.5, 0.6) is 0 Å². The highest BCUT2D eigenvalue weighted by molar-refractivity contribution is 5.90. The van der Waals surface area contributed by atoms with Gasteiger partial charge in [0.2, 0.25) is 23.6 Å². The van der Waals surface area contributed by atoms with Crippen molar-refractivity contribution in [1.29, 1.82) is 0 Å². The number of aliphatic hydroxyl groups is 1. The third-order valence-electron chi connectivity index (χ3n) is 10.8. The average Bonchev–Trinajstić information content (AvgIpc) is 3.59. The minimum absolute atomic E-state index is 0.0218. The summed E-state index contributed by atoms with van der Waals surface area (Å²) in [7, 11) is 6.55. The van der Waals surface area contributed by atoms with Gasteiger partial charge in [-0.2, -0.15) is 0 Å². The molecule has 4 N–H and O–H groups in total. The van der Waals surface area contributed by atoms with E-state index in [1.807, 2.05) is 71.9 Å². The lowest BCUT2D eigenvalue weighted by atomic mass is 9.89. The van der Waals surface area contributed by atoms with E-state index in [2.05, 4.69) is 22.5 Å². The number of ether oxygens (including phenoxy) is 2. The molecule has 1 heterocycles.